The second-order valence-corrected chi connectivity index (χ2v) is 4.13. The number of rotatable bonds is 7. The lowest BCUT2D eigenvalue weighted by atomic mass is 10.1. The number of anilines is 1. The quantitative estimate of drug-likeness (QED) is 0.556. The summed E-state index contributed by atoms with van der Waals surface area (Å²) in [5, 5.41) is 8.98. The zero-order valence-electron chi connectivity index (χ0n) is 11.3. The molecule has 0 atom stereocenters. The van der Waals surface area contributed by atoms with E-state index in [1.54, 1.807) is 31.4 Å². The van der Waals surface area contributed by atoms with Crippen LogP contribution in [0, 0.1) is 11.3 Å². The highest BCUT2D eigenvalue weighted by molar-refractivity contribution is 6.00. The number of carbonyl (C=O) groups is 1. The van der Waals surface area contributed by atoms with Crippen molar-refractivity contribution in [1.82, 2.24) is 0 Å². The fourth-order valence-electron chi connectivity index (χ4n) is 1.83. The molecule has 4 nitrogen and oxygen atoms in total. The highest BCUT2D eigenvalue weighted by atomic mass is 16.5. The number of ether oxygens (including phenoxy) is 1. The van der Waals surface area contributed by atoms with Gasteiger partial charge in [-0.25, -0.2) is 0 Å². The first-order valence-corrected chi connectivity index (χ1v) is 6.04. The molecule has 0 radical (unpaired) electrons. The number of ketones is 1. The van der Waals surface area contributed by atoms with Gasteiger partial charge in [0.2, 0.25) is 0 Å². The Morgan fingerprint density at radius 3 is 2.84 bits per heavy atom. The molecule has 0 saturated heterocycles. The summed E-state index contributed by atoms with van der Waals surface area (Å²) in [5.41, 5.74) is 1.90. The first-order chi connectivity index (χ1) is 9.13. The van der Waals surface area contributed by atoms with E-state index in [9.17, 15) is 4.79 Å². The van der Waals surface area contributed by atoms with E-state index in [-0.39, 0.29) is 5.78 Å². The van der Waals surface area contributed by atoms with Gasteiger partial charge in [-0.1, -0.05) is 6.08 Å². The zero-order valence-corrected chi connectivity index (χ0v) is 11.3. The first kappa shape index (κ1) is 14.9. The monoisotopic (exact) mass is 258 g/mol. The lowest BCUT2D eigenvalue weighted by Crippen LogP contribution is -2.28. The number of methoxy groups -OCH3 is 1. The number of hydrogen-bond acceptors (Lipinski definition) is 4. The van der Waals surface area contributed by atoms with Gasteiger partial charge in [0.1, 0.15) is 0 Å². The molecular formula is C15H18N2O2. The number of carbonyl (C=O) groups excluding carboxylic acids is 1. The Morgan fingerprint density at radius 2 is 2.32 bits per heavy atom. The molecule has 100 valence electrons. The molecule has 0 fully saturated rings. The molecule has 0 N–H and O–H groups in total. The van der Waals surface area contributed by atoms with Crippen LogP contribution in [0.1, 0.15) is 22.8 Å². The van der Waals surface area contributed by atoms with Crippen molar-refractivity contribution in [2.45, 2.75) is 6.92 Å². The molecule has 1 aromatic rings. The van der Waals surface area contributed by atoms with Crippen molar-refractivity contribution < 1.29 is 9.53 Å². The number of Topliss-reactive ketones (excluding diaryl/α,β-unsaturated/α-hetero) is 1. The van der Waals surface area contributed by atoms with Crippen molar-refractivity contribution in [3.8, 4) is 6.07 Å². The predicted octanol–water partition coefficient (Wildman–Crippen LogP) is 2.40. The molecule has 0 amide bonds. The van der Waals surface area contributed by atoms with E-state index in [2.05, 4.69) is 12.6 Å². The van der Waals surface area contributed by atoms with Crippen LogP contribution in [0.15, 0.2) is 30.9 Å². The molecule has 1 aromatic carbocycles. The van der Waals surface area contributed by atoms with Gasteiger partial charge in [-0.05, 0) is 25.1 Å². The molecule has 0 aromatic heterocycles. The van der Waals surface area contributed by atoms with Gasteiger partial charge in [-0.3, -0.25) is 4.79 Å². The van der Waals surface area contributed by atoms with Crippen LogP contribution < -0.4 is 4.90 Å². The Bertz CT molecular complexity index is 503. The largest absolute Gasteiger partial charge is 0.383 e. The average molecular weight is 258 g/mol. The zero-order chi connectivity index (χ0) is 14.3. The van der Waals surface area contributed by atoms with Crippen LogP contribution in [-0.4, -0.2) is 32.6 Å². The SMILES string of the molecule is C=CCN(CCOC)c1cc(C#N)ccc1C(C)=O. The summed E-state index contributed by atoms with van der Waals surface area (Å²) in [4.78, 5) is 13.7. The highest BCUT2D eigenvalue weighted by Crippen LogP contribution is 2.23. The maximum atomic E-state index is 11.7. The van der Waals surface area contributed by atoms with Crippen LogP contribution in [0.25, 0.3) is 0 Å². The van der Waals surface area contributed by atoms with E-state index in [1.807, 2.05) is 4.90 Å². The first-order valence-electron chi connectivity index (χ1n) is 6.04. The second kappa shape index (κ2) is 7.34. The molecule has 0 spiro atoms. The minimum absolute atomic E-state index is 0.0223. The van der Waals surface area contributed by atoms with Gasteiger partial charge in [0.25, 0.3) is 0 Å². The van der Waals surface area contributed by atoms with Crippen LogP contribution in [0.5, 0.6) is 0 Å². The van der Waals surface area contributed by atoms with Gasteiger partial charge >= 0.3 is 0 Å². The Kier molecular flexibility index (Phi) is 5.77. The third-order valence-corrected chi connectivity index (χ3v) is 2.76. The standard InChI is InChI=1S/C15H18N2O2/c1-4-7-17(8-9-19-3)15-10-13(11-16)5-6-14(15)12(2)18/h4-6,10H,1,7-9H2,2-3H3. The molecule has 4 heteroatoms. The van der Waals surface area contributed by atoms with Crippen molar-refractivity contribution in [2.24, 2.45) is 0 Å². The minimum Gasteiger partial charge on any atom is -0.383 e. The Balaban J connectivity index is 3.20. The summed E-state index contributed by atoms with van der Waals surface area (Å²) < 4.78 is 5.07. The van der Waals surface area contributed by atoms with Crippen LogP contribution >= 0.6 is 0 Å². The fraction of sp³-hybridized carbons (Fsp3) is 0.333. The summed E-state index contributed by atoms with van der Waals surface area (Å²) in [7, 11) is 1.63. The minimum atomic E-state index is -0.0223. The average Bonchev–Trinajstić information content (AvgIpc) is 2.42. The Morgan fingerprint density at radius 1 is 1.58 bits per heavy atom. The molecule has 19 heavy (non-hydrogen) atoms. The van der Waals surface area contributed by atoms with Crippen LogP contribution in [-0.2, 0) is 4.74 Å². The van der Waals surface area contributed by atoms with Gasteiger partial charge in [0, 0.05) is 31.5 Å². The summed E-state index contributed by atoms with van der Waals surface area (Å²) in [6, 6.07) is 7.17. The number of benzene rings is 1. The molecule has 0 bridgehead atoms. The third kappa shape index (κ3) is 3.94. The maximum Gasteiger partial charge on any atom is 0.161 e. The highest BCUT2D eigenvalue weighted by Gasteiger charge is 2.14. The fourth-order valence-corrected chi connectivity index (χ4v) is 1.83. The van der Waals surface area contributed by atoms with Gasteiger partial charge in [-0.15, -0.1) is 6.58 Å². The molecule has 0 aliphatic carbocycles. The van der Waals surface area contributed by atoms with E-state index < -0.39 is 0 Å². The maximum absolute atomic E-state index is 11.7. The van der Waals surface area contributed by atoms with Gasteiger partial charge < -0.3 is 9.64 Å². The van der Waals surface area contributed by atoms with E-state index in [0.717, 1.165) is 5.69 Å². The van der Waals surface area contributed by atoms with Crippen LogP contribution in [0.4, 0.5) is 5.69 Å². The summed E-state index contributed by atoms with van der Waals surface area (Å²) in [5.74, 6) is -0.0223. The van der Waals surface area contributed by atoms with Gasteiger partial charge in [-0.2, -0.15) is 5.26 Å². The molecule has 0 unspecified atom stereocenters. The molecular weight excluding hydrogens is 240 g/mol. The normalized spacial score (nSPS) is 9.74. The van der Waals surface area contributed by atoms with Crippen LogP contribution in [0.2, 0.25) is 0 Å². The summed E-state index contributed by atoms with van der Waals surface area (Å²) in [6.07, 6.45) is 1.76. The topological polar surface area (TPSA) is 53.3 Å². The van der Waals surface area contributed by atoms with Gasteiger partial charge in [0.15, 0.2) is 5.78 Å². The Hall–Kier alpha value is -2.12. The second-order valence-electron chi connectivity index (χ2n) is 4.13. The third-order valence-electron chi connectivity index (χ3n) is 2.76. The molecule has 1 rings (SSSR count). The predicted molar refractivity (Wildman–Crippen MR) is 75.4 cm³/mol. The van der Waals surface area contributed by atoms with Crippen molar-refractivity contribution in [1.29, 1.82) is 5.26 Å². The van der Waals surface area contributed by atoms with E-state index in [4.69, 9.17) is 10.00 Å². The van der Waals surface area contributed by atoms with Crippen molar-refractivity contribution >= 4 is 11.5 Å². The van der Waals surface area contributed by atoms with Crippen LogP contribution in [0.3, 0.4) is 0 Å². The lowest BCUT2D eigenvalue weighted by molar-refractivity contribution is 0.101. The van der Waals surface area contributed by atoms with Crippen molar-refractivity contribution in [3.05, 3.63) is 42.0 Å². The van der Waals surface area contributed by atoms with E-state index in [0.29, 0.717) is 30.8 Å². The molecule has 0 heterocycles. The summed E-state index contributed by atoms with van der Waals surface area (Å²) in [6.45, 7) is 7.02. The number of hydrogen-bond donors (Lipinski definition) is 0. The van der Waals surface area contributed by atoms with E-state index >= 15 is 0 Å². The van der Waals surface area contributed by atoms with Crippen molar-refractivity contribution in [3.63, 3.8) is 0 Å². The Labute approximate surface area is 113 Å². The van der Waals surface area contributed by atoms with Gasteiger partial charge in [0.05, 0.1) is 18.2 Å². The van der Waals surface area contributed by atoms with Crippen molar-refractivity contribution in [2.75, 3.05) is 31.7 Å². The smallest absolute Gasteiger partial charge is 0.161 e. The molecule has 0 aliphatic rings. The summed E-state index contributed by atoms with van der Waals surface area (Å²) >= 11 is 0. The number of nitrogens with zero attached hydrogens (tertiary/aromatic N) is 2. The molecule has 0 saturated carbocycles. The number of nitriles is 1. The lowest BCUT2D eigenvalue weighted by Gasteiger charge is -2.25. The van der Waals surface area contributed by atoms with E-state index in [1.165, 1.54) is 6.92 Å². The molecule has 0 aliphatic heterocycles.